The molecular formula is C38H47NO15S2. The van der Waals surface area contributed by atoms with Gasteiger partial charge in [-0.2, -0.15) is 0 Å². The lowest BCUT2D eigenvalue weighted by atomic mass is 9.72. The van der Waals surface area contributed by atoms with Crippen LogP contribution >= 0.6 is 21.6 Å². The standard InChI is InChI=1S/C38H47NO15S2/c1-19-32(44)22(39-37(49)52-12-14-56-55-13-7-5-3-4-6-11-26(42)43)15-27(53-19)54-24-17-38(50,25(41)18-40)16-21-29(24)36(48)31-30(34(21)46)33(45)20-9-8-10-23(51-2)28(20)35(31)47/h8-10,19,22,24,27,32,40,44,46,48,50H,3-7,11-18H2,1-2H3,(H,39,49)(H,42,43)/t19-,22-,24-,27-,32+,38-/m0/s1. The number of methoxy groups -OCH3 is 1. The normalized spacial score (nSPS) is 24.1. The molecule has 0 saturated carbocycles. The van der Waals surface area contributed by atoms with Crippen LogP contribution in [0.25, 0.3) is 0 Å². The third-order valence-electron chi connectivity index (χ3n) is 10.2. The number of ketones is 3. The number of aliphatic carboxylic acids is 1. The number of ether oxygens (including phenoxy) is 4. The van der Waals surface area contributed by atoms with Crippen LogP contribution in [-0.4, -0.2) is 122 Å². The second-order valence-electron chi connectivity index (χ2n) is 13.9. The zero-order valence-corrected chi connectivity index (χ0v) is 32.6. The summed E-state index contributed by atoms with van der Waals surface area (Å²) in [5, 5.41) is 66.7. The van der Waals surface area contributed by atoms with E-state index in [2.05, 4.69) is 5.32 Å². The fourth-order valence-electron chi connectivity index (χ4n) is 7.31. The van der Waals surface area contributed by atoms with Gasteiger partial charge in [0, 0.05) is 53.9 Å². The van der Waals surface area contributed by atoms with Gasteiger partial charge in [0.05, 0.1) is 42.0 Å². The van der Waals surface area contributed by atoms with Gasteiger partial charge in [-0.05, 0) is 25.8 Å². The molecule has 18 heteroatoms. The molecule has 2 aromatic carbocycles. The maximum Gasteiger partial charge on any atom is 0.407 e. The predicted octanol–water partition coefficient (Wildman–Crippen LogP) is 3.58. The number of phenolic OH excluding ortho intramolecular Hbond substituents is 2. The van der Waals surface area contributed by atoms with Gasteiger partial charge in [0.25, 0.3) is 0 Å². The van der Waals surface area contributed by atoms with E-state index >= 15 is 0 Å². The Balaban J connectivity index is 1.26. The topological polar surface area (TPSA) is 256 Å². The lowest BCUT2D eigenvalue weighted by Gasteiger charge is -2.42. The minimum atomic E-state index is -2.34. The van der Waals surface area contributed by atoms with Gasteiger partial charge in [-0.15, -0.1) is 0 Å². The lowest BCUT2D eigenvalue weighted by Crippen LogP contribution is -2.56. The predicted molar refractivity (Wildman–Crippen MR) is 202 cm³/mol. The average molecular weight is 822 g/mol. The van der Waals surface area contributed by atoms with Gasteiger partial charge in [0.2, 0.25) is 5.78 Å². The number of fused-ring (bicyclic) bond motifs is 3. The molecule has 0 radical (unpaired) electrons. The van der Waals surface area contributed by atoms with Crippen molar-refractivity contribution in [3.05, 3.63) is 51.6 Å². The Kier molecular flexibility index (Phi) is 14.7. The number of unbranched alkanes of at least 4 members (excludes halogenated alkanes) is 4. The molecule has 0 aromatic heterocycles. The molecule has 1 saturated heterocycles. The highest BCUT2D eigenvalue weighted by molar-refractivity contribution is 8.76. The third-order valence-corrected chi connectivity index (χ3v) is 12.6. The van der Waals surface area contributed by atoms with Crippen molar-refractivity contribution in [1.82, 2.24) is 5.32 Å². The number of carboxylic acids is 1. The van der Waals surface area contributed by atoms with E-state index in [0.717, 1.165) is 31.4 Å². The first-order chi connectivity index (χ1) is 26.7. The number of Topliss-reactive ketones (excluding diaryl/α,β-unsaturated/α-hetero) is 1. The number of amides is 1. The SMILES string of the molecule is COc1cccc2c1C(=O)c1c(O)c3c(c(O)c1C2=O)C[C@@](O)(C(=O)CO)C[C@@H]3O[C@H]1C[C@H](NC(=O)OCCSSCCCCCCCC(=O)O)[C@H](O)[C@H](C)O1. The first-order valence-corrected chi connectivity index (χ1v) is 20.8. The molecule has 0 unspecified atom stereocenters. The summed E-state index contributed by atoms with van der Waals surface area (Å²) in [6, 6.07) is 3.36. The fourth-order valence-corrected chi connectivity index (χ4v) is 9.28. The van der Waals surface area contributed by atoms with Crippen LogP contribution in [0.2, 0.25) is 0 Å². The van der Waals surface area contributed by atoms with E-state index in [-0.39, 0.29) is 47.5 Å². The van der Waals surface area contributed by atoms with E-state index in [1.807, 2.05) is 0 Å². The summed E-state index contributed by atoms with van der Waals surface area (Å²) in [6.45, 7) is 0.542. The summed E-state index contributed by atoms with van der Waals surface area (Å²) in [7, 11) is 4.49. The molecule has 3 aliphatic rings. The second-order valence-corrected chi connectivity index (χ2v) is 16.6. The largest absolute Gasteiger partial charge is 0.507 e. The Morgan fingerprint density at radius 1 is 0.982 bits per heavy atom. The Bertz CT molecular complexity index is 1820. The van der Waals surface area contributed by atoms with Gasteiger partial charge >= 0.3 is 12.1 Å². The minimum absolute atomic E-state index is 0.0615. The molecule has 306 valence electrons. The van der Waals surface area contributed by atoms with Crippen molar-refractivity contribution in [2.75, 3.05) is 31.8 Å². The number of carboxylic acid groups (broad SMARTS) is 1. The van der Waals surface area contributed by atoms with Crippen molar-refractivity contribution in [3.8, 4) is 17.2 Å². The number of benzene rings is 2. The molecule has 7 N–H and O–H groups in total. The number of phenols is 2. The number of nitrogens with one attached hydrogen (secondary N) is 1. The third kappa shape index (κ3) is 9.44. The van der Waals surface area contributed by atoms with Crippen LogP contribution in [0.1, 0.15) is 107 Å². The minimum Gasteiger partial charge on any atom is -0.507 e. The summed E-state index contributed by atoms with van der Waals surface area (Å²) in [6.07, 6.45) is -2.27. The van der Waals surface area contributed by atoms with Crippen molar-refractivity contribution in [3.63, 3.8) is 0 Å². The van der Waals surface area contributed by atoms with Crippen molar-refractivity contribution >= 4 is 51.0 Å². The maximum absolute atomic E-state index is 13.9. The summed E-state index contributed by atoms with van der Waals surface area (Å²) in [5.74, 6) is -3.44. The number of aliphatic hydroxyl groups excluding tert-OH is 2. The van der Waals surface area contributed by atoms with Crippen molar-refractivity contribution in [2.24, 2.45) is 0 Å². The van der Waals surface area contributed by atoms with Gasteiger partial charge < -0.3 is 54.9 Å². The molecule has 5 rings (SSSR count). The maximum atomic E-state index is 13.9. The molecule has 16 nitrogen and oxygen atoms in total. The Morgan fingerprint density at radius 2 is 1.68 bits per heavy atom. The van der Waals surface area contributed by atoms with Gasteiger partial charge in [-0.3, -0.25) is 19.2 Å². The van der Waals surface area contributed by atoms with Crippen molar-refractivity contribution < 1.29 is 73.6 Å². The quantitative estimate of drug-likeness (QED) is 0.0550. The van der Waals surface area contributed by atoms with E-state index in [9.17, 15) is 49.5 Å². The zero-order valence-electron chi connectivity index (χ0n) is 31.0. The Labute approximate surface area is 330 Å². The van der Waals surface area contributed by atoms with E-state index in [1.54, 1.807) is 21.6 Å². The van der Waals surface area contributed by atoms with Crippen LogP contribution in [0.3, 0.4) is 0 Å². The molecule has 1 heterocycles. The highest BCUT2D eigenvalue weighted by atomic mass is 33.1. The summed E-state index contributed by atoms with van der Waals surface area (Å²) in [4.78, 5) is 63.8. The lowest BCUT2D eigenvalue weighted by molar-refractivity contribution is -0.249. The van der Waals surface area contributed by atoms with Gasteiger partial charge in [-0.25, -0.2) is 4.79 Å². The highest BCUT2D eigenvalue weighted by Gasteiger charge is 2.50. The van der Waals surface area contributed by atoms with Gasteiger partial charge in [0.15, 0.2) is 17.9 Å². The number of alkyl carbamates (subject to hydrolysis) is 1. The number of hydrogen-bond donors (Lipinski definition) is 7. The first-order valence-electron chi connectivity index (χ1n) is 18.3. The Hall–Kier alpha value is -3.91. The molecule has 0 spiro atoms. The van der Waals surface area contributed by atoms with Gasteiger partial charge in [-0.1, -0.05) is 53.0 Å². The molecule has 2 aromatic rings. The fraction of sp³-hybridized carbons (Fsp3) is 0.553. The number of aromatic hydroxyl groups is 2. The van der Waals surface area contributed by atoms with Crippen LogP contribution in [0, 0.1) is 0 Å². The summed E-state index contributed by atoms with van der Waals surface area (Å²) >= 11 is 0. The average Bonchev–Trinajstić information content (AvgIpc) is 3.16. The van der Waals surface area contributed by atoms with Crippen LogP contribution in [-0.2, 0) is 30.2 Å². The molecule has 1 amide bonds. The van der Waals surface area contributed by atoms with Crippen LogP contribution in [0.4, 0.5) is 4.79 Å². The van der Waals surface area contributed by atoms with Crippen molar-refractivity contribution in [1.29, 1.82) is 0 Å². The summed E-state index contributed by atoms with van der Waals surface area (Å²) in [5.41, 5.74) is -4.04. The smallest absolute Gasteiger partial charge is 0.407 e. The van der Waals surface area contributed by atoms with E-state index < -0.39 is 108 Å². The van der Waals surface area contributed by atoms with E-state index in [4.69, 9.17) is 24.1 Å². The number of carbonyl (C=O) groups is 5. The molecule has 1 aliphatic heterocycles. The number of carbonyl (C=O) groups excluding carboxylic acids is 4. The highest BCUT2D eigenvalue weighted by Crippen LogP contribution is 2.52. The second kappa shape index (κ2) is 19.0. The van der Waals surface area contributed by atoms with Gasteiger partial charge in [0.1, 0.15) is 42.2 Å². The number of aliphatic hydroxyl groups is 3. The molecule has 1 fully saturated rings. The monoisotopic (exact) mass is 821 g/mol. The van der Waals surface area contributed by atoms with Crippen LogP contribution in [0.5, 0.6) is 17.2 Å². The molecular weight excluding hydrogens is 775 g/mol. The zero-order chi connectivity index (χ0) is 40.7. The van der Waals surface area contributed by atoms with E-state index in [0.29, 0.717) is 12.2 Å². The molecule has 2 aliphatic carbocycles. The number of hydrogen-bond acceptors (Lipinski definition) is 16. The summed E-state index contributed by atoms with van der Waals surface area (Å²) < 4.78 is 22.7. The van der Waals surface area contributed by atoms with Crippen LogP contribution in [0.15, 0.2) is 18.2 Å². The van der Waals surface area contributed by atoms with Crippen LogP contribution < -0.4 is 10.1 Å². The molecule has 56 heavy (non-hydrogen) atoms. The number of rotatable bonds is 18. The molecule has 0 bridgehead atoms. The first kappa shape index (κ1) is 43.2. The van der Waals surface area contributed by atoms with E-state index in [1.165, 1.54) is 32.2 Å². The molecule has 6 atom stereocenters. The Morgan fingerprint density at radius 3 is 2.39 bits per heavy atom. The van der Waals surface area contributed by atoms with Crippen molar-refractivity contribution in [2.45, 2.75) is 101 Å².